The van der Waals surface area contributed by atoms with Crippen LogP contribution >= 0.6 is 15.9 Å². The van der Waals surface area contributed by atoms with E-state index in [-0.39, 0.29) is 0 Å². The molecular weight excluding hydrogens is 324 g/mol. The van der Waals surface area contributed by atoms with Gasteiger partial charge in [0, 0.05) is 6.08 Å². The summed E-state index contributed by atoms with van der Waals surface area (Å²) in [6, 6.07) is 3.57. The number of rotatable bonds is 7. The highest BCUT2D eigenvalue weighted by Gasteiger charge is 2.21. The molecule has 1 N–H and O–H groups in total. The Hall–Kier alpha value is -1.49. The Balaban J connectivity index is 2.11. The molecule has 0 atom stereocenters. The van der Waals surface area contributed by atoms with E-state index in [9.17, 15) is 4.79 Å². The number of halogens is 1. The first-order valence-corrected chi connectivity index (χ1v) is 7.31. The number of aliphatic carboxylic acids is 1. The molecule has 1 aliphatic carbocycles. The van der Waals surface area contributed by atoms with Crippen LogP contribution in [0.1, 0.15) is 24.8 Å². The highest BCUT2D eigenvalue weighted by molar-refractivity contribution is 9.10. The fourth-order valence-corrected chi connectivity index (χ4v) is 2.45. The molecule has 0 aromatic heterocycles. The summed E-state index contributed by atoms with van der Waals surface area (Å²) in [6.07, 6.45) is 6.29. The first-order valence-electron chi connectivity index (χ1n) is 6.51. The zero-order chi connectivity index (χ0) is 14.5. The first kappa shape index (κ1) is 14.9. The molecule has 1 aliphatic rings. The monoisotopic (exact) mass is 340 g/mol. The second-order valence-corrected chi connectivity index (χ2v) is 5.64. The van der Waals surface area contributed by atoms with Gasteiger partial charge in [-0.25, -0.2) is 4.79 Å². The Kier molecular flexibility index (Phi) is 5.06. The minimum absolute atomic E-state index is 0.597. The van der Waals surface area contributed by atoms with Gasteiger partial charge in [-0.1, -0.05) is 12.8 Å². The van der Waals surface area contributed by atoms with Crippen molar-refractivity contribution >= 4 is 28.0 Å². The van der Waals surface area contributed by atoms with Crippen LogP contribution in [0.15, 0.2) is 22.7 Å². The van der Waals surface area contributed by atoms with Crippen molar-refractivity contribution < 1.29 is 19.4 Å². The zero-order valence-corrected chi connectivity index (χ0v) is 12.9. The van der Waals surface area contributed by atoms with Crippen molar-refractivity contribution in [1.82, 2.24) is 0 Å². The Morgan fingerprint density at radius 2 is 2.25 bits per heavy atom. The molecule has 20 heavy (non-hydrogen) atoms. The lowest BCUT2D eigenvalue weighted by Gasteiger charge is -2.13. The molecule has 1 fully saturated rings. The van der Waals surface area contributed by atoms with Crippen LogP contribution < -0.4 is 9.47 Å². The second-order valence-electron chi connectivity index (χ2n) is 4.79. The Labute approximate surface area is 126 Å². The maximum Gasteiger partial charge on any atom is 0.328 e. The van der Waals surface area contributed by atoms with E-state index in [1.54, 1.807) is 13.2 Å². The van der Waals surface area contributed by atoms with E-state index in [1.807, 2.05) is 6.07 Å². The van der Waals surface area contributed by atoms with Crippen molar-refractivity contribution in [3.8, 4) is 11.5 Å². The summed E-state index contributed by atoms with van der Waals surface area (Å²) < 4.78 is 11.9. The van der Waals surface area contributed by atoms with Crippen LogP contribution in [-0.4, -0.2) is 24.8 Å². The van der Waals surface area contributed by atoms with Crippen LogP contribution in [-0.2, 0) is 4.79 Å². The van der Waals surface area contributed by atoms with Crippen LogP contribution in [0.4, 0.5) is 0 Å². The summed E-state index contributed by atoms with van der Waals surface area (Å²) in [5.41, 5.74) is 0.741. The van der Waals surface area contributed by atoms with Crippen molar-refractivity contribution in [3.63, 3.8) is 0 Å². The van der Waals surface area contributed by atoms with Gasteiger partial charge in [0.2, 0.25) is 0 Å². The molecule has 0 spiro atoms. The van der Waals surface area contributed by atoms with E-state index >= 15 is 0 Å². The molecule has 0 radical (unpaired) electrons. The van der Waals surface area contributed by atoms with Crippen molar-refractivity contribution in [2.75, 3.05) is 13.7 Å². The molecule has 0 heterocycles. The van der Waals surface area contributed by atoms with Gasteiger partial charge in [0.05, 0.1) is 18.2 Å². The molecule has 1 aromatic rings. The summed E-state index contributed by atoms with van der Waals surface area (Å²) in [6.45, 7) is 0.671. The quantitative estimate of drug-likeness (QED) is 0.768. The zero-order valence-electron chi connectivity index (χ0n) is 11.3. The minimum atomic E-state index is -0.982. The molecule has 4 nitrogen and oxygen atoms in total. The Morgan fingerprint density at radius 3 is 2.85 bits per heavy atom. The number of carboxylic acid groups (broad SMARTS) is 1. The summed E-state index contributed by atoms with van der Waals surface area (Å²) in [4.78, 5) is 10.5. The predicted octanol–water partition coefficient (Wildman–Crippen LogP) is 3.73. The predicted molar refractivity (Wildman–Crippen MR) is 80.2 cm³/mol. The van der Waals surface area contributed by atoms with E-state index in [0.717, 1.165) is 28.5 Å². The van der Waals surface area contributed by atoms with Crippen LogP contribution in [0.3, 0.4) is 0 Å². The second kappa shape index (κ2) is 6.79. The number of hydrogen-bond acceptors (Lipinski definition) is 3. The minimum Gasteiger partial charge on any atom is -0.493 e. The fraction of sp³-hybridized carbons (Fsp3) is 0.400. The number of ether oxygens (including phenoxy) is 2. The highest BCUT2D eigenvalue weighted by Crippen LogP contribution is 2.38. The molecule has 0 saturated heterocycles. The van der Waals surface area contributed by atoms with E-state index < -0.39 is 5.97 Å². The summed E-state index contributed by atoms with van der Waals surface area (Å²) in [7, 11) is 1.57. The van der Waals surface area contributed by atoms with Gasteiger partial charge in [0.25, 0.3) is 0 Å². The van der Waals surface area contributed by atoms with Crippen molar-refractivity contribution in [3.05, 3.63) is 28.2 Å². The van der Waals surface area contributed by atoms with Gasteiger partial charge < -0.3 is 14.6 Å². The van der Waals surface area contributed by atoms with E-state index in [1.165, 1.54) is 18.9 Å². The number of methoxy groups -OCH3 is 1. The van der Waals surface area contributed by atoms with E-state index in [2.05, 4.69) is 15.9 Å². The lowest BCUT2D eigenvalue weighted by Crippen LogP contribution is -2.01. The third-order valence-electron chi connectivity index (χ3n) is 3.14. The van der Waals surface area contributed by atoms with Gasteiger partial charge in [0.15, 0.2) is 11.5 Å². The van der Waals surface area contributed by atoms with Crippen molar-refractivity contribution in [2.24, 2.45) is 5.92 Å². The van der Waals surface area contributed by atoms with Gasteiger partial charge >= 0.3 is 5.97 Å². The Bertz CT molecular complexity index is 521. The van der Waals surface area contributed by atoms with Crippen LogP contribution in [0.25, 0.3) is 6.08 Å². The third-order valence-corrected chi connectivity index (χ3v) is 3.73. The van der Waals surface area contributed by atoms with Crippen molar-refractivity contribution in [1.29, 1.82) is 0 Å². The fourth-order valence-electron chi connectivity index (χ4n) is 1.88. The molecule has 0 amide bonds. The molecule has 5 heteroatoms. The molecule has 108 valence electrons. The lowest BCUT2D eigenvalue weighted by atomic mass is 10.2. The summed E-state index contributed by atoms with van der Waals surface area (Å²) in [5.74, 6) is 1.10. The van der Waals surface area contributed by atoms with Crippen molar-refractivity contribution in [2.45, 2.75) is 19.3 Å². The van der Waals surface area contributed by atoms with E-state index in [4.69, 9.17) is 14.6 Å². The molecule has 0 unspecified atom stereocenters. The maximum atomic E-state index is 10.5. The molecular formula is C15H17BrO4. The molecule has 1 aromatic carbocycles. The molecule has 1 saturated carbocycles. The van der Waals surface area contributed by atoms with Gasteiger partial charge in [0.1, 0.15) is 0 Å². The van der Waals surface area contributed by atoms with Gasteiger partial charge in [-0.2, -0.15) is 0 Å². The van der Waals surface area contributed by atoms with Gasteiger partial charge in [-0.3, -0.25) is 0 Å². The molecule has 2 rings (SSSR count). The normalized spacial score (nSPS) is 14.5. The average Bonchev–Trinajstić information content (AvgIpc) is 3.22. The SMILES string of the molecule is COc1cc(C=CC(=O)O)cc(Br)c1OCCC1CC1. The molecule has 0 bridgehead atoms. The standard InChI is InChI=1S/C15H17BrO4/c1-19-13-9-11(4-5-14(17)18)8-12(16)15(13)20-7-6-10-2-3-10/h4-5,8-10H,2-3,6-7H2,1H3,(H,17,18). The largest absolute Gasteiger partial charge is 0.493 e. The molecule has 0 aliphatic heterocycles. The number of carbonyl (C=O) groups is 1. The van der Waals surface area contributed by atoms with Crippen LogP contribution in [0.2, 0.25) is 0 Å². The van der Waals surface area contributed by atoms with Crippen LogP contribution in [0, 0.1) is 5.92 Å². The van der Waals surface area contributed by atoms with Gasteiger partial charge in [-0.05, 0) is 52.0 Å². The highest BCUT2D eigenvalue weighted by atomic mass is 79.9. The maximum absolute atomic E-state index is 10.5. The smallest absolute Gasteiger partial charge is 0.328 e. The number of benzene rings is 1. The third kappa shape index (κ3) is 4.27. The number of carboxylic acids is 1. The number of hydrogen-bond donors (Lipinski definition) is 1. The van der Waals surface area contributed by atoms with Crippen LogP contribution in [0.5, 0.6) is 11.5 Å². The lowest BCUT2D eigenvalue weighted by molar-refractivity contribution is -0.131. The summed E-state index contributed by atoms with van der Waals surface area (Å²) >= 11 is 3.44. The van der Waals surface area contributed by atoms with E-state index in [0.29, 0.717) is 18.1 Å². The summed E-state index contributed by atoms with van der Waals surface area (Å²) in [5, 5.41) is 8.64. The topological polar surface area (TPSA) is 55.8 Å². The Morgan fingerprint density at radius 1 is 1.50 bits per heavy atom. The first-order chi connectivity index (χ1) is 9.60. The van der Waals surface area contributed by atoms with Gasteiger partial charge in [-0.15, -0.1) is 0 Å². The average molecular weight is 341 g/mol.